The van der Waals surface area contributed by atoms with Gasteiger partial charge in [-0.05, 0) is 19.1 Å². The van der Waals surface area contributed by atoms with Gasteiger partial charge in [0.1, 0.15) is 5.69 Å². The van der Waals surface area contributed by atoms with Crippen molar-refractivity contribution in [2.45, 2.75) is 6.92 Å². The van der Waals surface area contributed by atoms with Gasteiger partial charge in [-0.3, -0.25) is 0 Å². The molecule has 0 fully saturated rings. The van der Waals surface area contributed by atoms with E-state index in [1.807, 2.05) is 0 Å². The number of rotatable bonds is 2. The van der Waals surface area contributed by atoms with E-state index in [0.29, 0.717) is 20.9 Å². The van der Waals surface area contributed by atoms with Gasteiger partial charge in [0.2, 0.25) is 0 Å². The van der Waals surface area contributed by atoms with Crippen LogP contribution in [-0.4, -0.2) is 17.6 Å². The largest absolute Gasteiger partial charge is 0.461 e. The van der Waals surface area contributed by atoms with Crippen molar-refractivity contribution in [1.82, 2.24) is 4.98 Å². The van der Waals surface area contributed by atoms with Crippen molar-refractivity contribution in [2.75, 3.05) is 6.61 Å². The molecule has 0 saturated carbocycles. The summed E-state index contributed by atoms with van der Waals surface area (Å²) < 4.78 is 4.88. The van der Waals surface area contributed by atoms with Crippen LogP contribution in [-0.2, 0) is 4.74 Å². The Kier molecular flexibility index (Phi) is 3.52. The van der Waals surface area contributed by atoms with Crippen LogP contribution < -0.4 is 0 Å². The average molecular weight is 293 g/mol. The molecule has 2 aromatic rings. The standard InChI is InChI=1S/C11H8Cl3NO2/c1-2-17-11(16)10-9(14)7-6(15-10)4-3-5(12)8(7)13/h3-4,15H,2H2,1H3. The van der Waals surface area contributed by atoms with Gasteiger partial charge in [0.15, 0.2) is 0 Å². The number of hydrogen-bond acceptors (Lipinski definition) is 2. The maximum atomic E-state index is 11.6. The summed E-state index contributed by atoms with van der Waals surface area (Å²) in [7, 11) is 0. The van der Waals surface area contributed by atoms with Gasteiger partial charge >= 0.3 is 5.97 Å². The van der Waals surface area contributed by atoms with Crippen molar-refractivity contribution in [2.24, 2.45) is 0 Å². The zero-order valence-electron chi connectivity index (χ0n) is 8.81. The first-order valence-corrected chi connectivity index (χ1v) is 6.02. The maximum Gasteiger partial charge on any atom is 0.356 e. The Labute approximate surface area is 113 Å². The number of esters is 1. The third kappa shape index (κ3) is 2.10. The number of nitrogens with one attached hydrogen (secondary N) is 1. The summed E-state index contributed by atoms with van der Waals surface area (Å²) in [5.41, 5.74) is 0.833. The highest BCUT2D eigenvalue weighted by atomic mass is 35.5. The number of aromatic nitrogens is 1. The number of carbonyl (C=O) groups is 1. The molecule has 0 amide bonds. The number of halogens is 3. The van der Waals surface area contributed by atoms with Crippen molar-refractivity contribution >= 4 is 51.7 Å². The van der Waals surface area contributed by atoms with E-state index in [4.69, 9.17) is 39.5 Å². The van der Waals surface area contributed by atoms with Crippen LogP contribution in [0.25, 0.3) is 10.9 Å². The molecule has 2 rings (SSSR count). The van der Waals surface area contributed by atoms with E-state index in [1.54, 1.807) is 19.1 Å². The van der Waals surface area contributed by atoms with Gasteiger partial charge < -0.3 is 9.72 Å². The SMILES string of the molecule is CCOC(=O)c1[nH]c2ccc(Cl)c(Cl)c2c1Cl. The van der Waals surface area contributed by atoms with Crippen molar-refractivity contribution < 1.29 is 9.53 Å². The summed E-state index contributed by atoms with van der Waals surface area (Å²) in [4.78, 5) is 14.5. The fourth-order valence-electron chi connectivity index (χ4n) is 1.53. The van der Waals surface area contributed by atoms with E-state index < -0.39 is 5.97 Å². The molecule has 0 atom stereocenters. The van der Waals surface area contributed by atoms with Gasteiger partial charge in [0.25, 0.3) is 0 Å². The lowest BCUT2D eigenvalue weighted by molar-refractivity contribution is 0.0521. The number of H-pyrrole nitrogens is 1. The first kappa shape index (κ1) is 12.6. The smallest absolute Gasteiger partial charge is 0.356 e. The zero-order chi connectivity index (χ0) is 12.6. The lowest BCUT2D eigenvalue weighted by atomic mass is 10.2. The van der Waals surface area contributed by atoms with Crippen LogP contribution in [0, 0.1) is 0 Å². The van der Waals surface area contributed by atoms with E-state index in [-0.39, 0.29) is 17.3 Å². The van der Waals surface area contributed by atoms with Crippen LogP contribution in [0.3, 0.4) is 0 Å². The predicted molar refractivity (Wildman–Crippen MR) is 69.3 cm³/mol. The van der Waals surface area contributed by atoms with Gasteiger partial charge in [0, 0.05) is 10.9 Å². The lowest BCUT2D eigenvalue weighted by Crippen LogP contribution is -2.05. The Morgan fingerprint density at radius 2 is 2.00 bits per heavy atom. The molecule has 0 radical (unpaired) electrons. The van der Waals surface area contributed by atoms with Gasteiger partial charge in [-0.25, -0.2) is 4.79 Å². The fraction of sp³-hybridized carbons (Fsp3) is 0.182. The molecule has 1 heterocycles. The molecular formula is C11H8Cl3NO2. The Morgan fingerprint density at radius 1 is 1.29 bits per heavy atom. The van der Waals surface area contributed by atoms with Crippen LogP contribution in [0.15, 0.2) is 12.1 Å². The summed E-state index contributed by atoms with van der Waals surface area (Å²) in [6, 6.07) is 3.34. The summed E-state index contributed by atoms with van der Waals surface area (Å²) in [6.07, 6.45) is 0. The summed E-state index contributed by atoms with van der Waals surface area (Å²) in [6.45, 7) is 2.00. The number of aromatic amines is 1. The van der Waals surface area contributed by atoms with Gasteiger partial charge in [-0.1, -0.05) is 34.8 Å². The second kappa shape index (κ2) is 4.77. The number of hydrogen-bond donors (Lipinski definition) is 1. The van der Waals surface area contributed by atoms with E-state index in [9.17, 15) is 4.79 Å². The quantitative estimate of drug-likeness (QED) is 0.838. The average Bonchev–Trinajstić information content (AvgIpc) is 2.62. The van der Waals surface area contributed by atoms with E-state index >= 15 is 0 Å². The highest BCUT2D eigenvalue weighted by Crippen LogP contribution is 2.37. The van der Waals surface area contributed by atoms with Gasteiger partial charge in [0.05, 0.1) is 21.7 Å². The minimum Gasteiger partial charge on any atom is -0.461 e. The van der Waals surface area contributed by atoms with E-state index in [2.05, 4.69) is 4.98 Å². The molecule has 0 saturated heterocycles. The topological polar surface area (TPSA) is 42.1 Å². The number of benzene rings is 1. The molecule has 17 heavy (non-hydrogen) atoms. The molecule has 1 aromatic carbocycles. The monoisotopic (exact) mass is 291 g/mol. The first-order chi connectivity index (χ1) is 8.06. The number of fused-ring (bicyclic) bond motifs is 1. The molecule has 0 bridgehead atoms. The third-order valence-corrected chi connectivity index (χ3v) is 3.46. The highest BCUT2D eigenvalue weighted by Gasteiger charge is 2.20. The van der Waals surface area contributed by atoms with Gasteiger partial charge in [-0.15, -0.1) is 0 Å². The van der Waals surface area contributed by atoms with Crippen LogP contribution in [0.4, 0.5) is 0 Å². The fourth-order valence-corrected chi connectivity index (χ4v) is 2.31. The van der Waals surface area contributed by atoms with Crippen LogP contribution in [0.2, 0.25) is 15.1 Å². The minimum absolute atomic E-state index is 0.188. The summed E-state index contributed by atoms with van der Waals surface area (Å²) in [5, 5.41) is 1.46. The van der Waals surface area contributed by atoms with E-state index in [1.165, 1.54) is 0 Å². The van der Waals surface area contributed by atoms with Crippen LogP contribution in [0.1, 0.15) is 17.4 Å². The maximum absolute atomic E-state index is 11.6. The molecule has 3 nitrogen and oxygen atoms in total. The third-order valence-electron chi connectivity index (χ3n) is 2.27. The second-order valence-electron chi connectivity index (χ2n) is 3.32. The molecule has 90 valence electrons. The second-order valence-corrected chi connectivity index (χ2v) is 4.48. The Morgan fingerprint density at radius 3 is 2.65 bits per heavy atom. The molecule has 0 unspecified atom stereocenters. The normalized spacial score (nSPS) is 10.8. The lowest BCUT2D eigenvalue weighted by Gasteiger charge is -1.99. The molecule has 0 aliphatic heterocycles. The molecule has 0 spiro atoms. The Bertz CT molecular complexity index is 592. The van der Waals surface area contributed by atoms with Crippen molar-refractivity contribution in [3.8, 4) is 0 Å². The molecule has 1 aromatic heterocycles. The number of ether oxygens (including phenoxy) is 1. The molecule has 1 N–H and O–H groups in total. The van der Waals surface area contributed by atoms with Crippen molar-refractivity contribution in [3.05, 3.63) is 32.9 Å². The molecule has 0 aliphatic carbocycles. The predicted octanol–water partition coefficient (Wildman–Crippen LogP) is 4.30. The molecule has 6 heteroatoms. The Balaban J connectivity index is 2.65. The number of carbonyl (C=O) groups excluding carboxylic acids is 1. The van der Waals surface area contributed by atoms with Crippen LogP contribution >= 0.6 is 34.8 Å². The summed E-state index contributed by atoms with van der Waals surface area (Å²) >= 11 is 18.0. The van der Waals surface area contributed by atoms with Gasteiger partial charge in [-0.2, -0.15) is 0 Å². The summed E-state index contributed by atoms with van der Waals surface area (Å²) in [5.74, 6) is -0.513. The Hall–Kier alpha value is -0.900. The molecular weight excluding hydrogens is 284 g/mol. The highest BCUT2D eigenvalue weighted by molar-refractivity contribution is 6.48. The van der Waals surface area contributed by atoms with Crippen molar-refractivity contribution in [1.29, 1.82) is 0 Å². The zero-order valence-corrected chi connectivity index (χ0v) is 11.1. The van der Waals surface area contributed by atoms with Crippen molar-refractivity contribution in [3.63, 3.8) is 0 Å². The minimum atomic E-state index is -0.513. The van der Waals surface area contributed by atoms with Crippen LogP contribution in [0.5, 0.6) is 0 Å². The first-order valence-electron chi connectivity index (χ1n) is 4.88. The van der Waals surface area contributed by atoms with E-state index in [0.717, 1.165) is 0 Å². The molecule has 0 aliphatic rings.